The average Bonchev–Trinajstić information content (AvgIpc) is 2.63. The van der Waals surface area contributed by atoms with Gasteiger partial charge in [-0.2, -0.15) is 0 Å². The van der Waals surface area contributed by atoms with Crippen LogP contribution in [0.4, 0.5) is 11.6 Å². The SMILES string of the molecule is COc1cc(Nc2ncc(C(=O)NCCC(C)C)cn2)c(OC)cc1Cl. The predicted molar refractivity (Wildman–Crippen MR) is 102 cm³/mol. The van der Waals surface area contributed by atoms with Crippen molar-refractivity contribution in [3.63, 3.8) is 0 Å². The highest BCUT2D eigenvalue weighted by molar-refractivity contribution is 6.32. The molecule has 0 fully saturated rings. The quantitative estimate of drug-likeness (QED) is 0.729. The molecule has 0 radical (unpaired) electrons. The Morgan fingerprint density at radius 2 is 1.81 bits per heavy atom. The van der Waals surface area contributed by atoms with Gasteiger partial charge >= 0.3 is 0 Å². The summed E-state index contributed by atoms with van der Waals surface area (Å²) in [5.41, 5.74) is 1.00. The lowest BCUT2D eigenvalue weighted by molar-refractivity contribution is 0.0951. The van der Waals surface area contributed by atoms with Gasteiger partial charge in [0.25, 0.3) is 5.91 Å². The summed E-state index contributed by atoms with van der Waals surface area (Å²) in [6.07, 6.45) is 3.86. The zero-order valence-electron chi connectivity index (χ0n) is 15.3. The highest BCUT2D eigenvalue weighted by Crippen LogP contribution is 2.36. The first kappa shape index (κ1) is 19.8. The molecular formula is C18H23ClN4O3. The molecule has 0 aliphatic heterocycles. The maximum Gasteiger partial charge on any atom is 0.254 e. The zero-order chi connectivity index (χ0) is 19.1. The van der Waals surface area contributed by atoms with E-state index >= 15 is 0 Å². The fourth-order valence-electron chi connectivity index (χ4n) is 2.16. The van der Waals surface area contributed by atoms with Crippen molar-refractivity contribution in [3.8, 4) is 11.5 Å². The normalized spacial score (nSPS) is 10.5. The van der Waals surface area contributed by atoms with E-state index in [0.29, 0.717) is 46.2 Å². The Morgan fingerprint density at radius 3 is 2.38 bits per heavy atom. The lowest BCUT2D eigenvalue weighted by atomic mass is 10.1. The van der Waals surface area contributed by atoms with Crippen LogP contribution in [0.15, 0.2) is 24.5 Å². The van der Waals surface area contributed by atoms with E-state index in [1.807, 2.05) is 0 Å². The zero-order valence-corrected chi connectivity index (χ0v) is 16.1. The molecule has 0 saturated carbocycles. The van der Waals surface area contributed by atoms with Gasteiger partial charge < -0.3 is 20.1 Å². The van der Waals surface area contributed by atoms with E-state index in [1.54, 1.807) is 12.1 Å². The summed E-state index contributed by atoms with van der Waals surface area (Å²) in [7, 11) is 3.06. The van der Waals surface area contributed by atoms with Gasteiger partial charge in [-0.3, -0.25) is 4.79 Å². The molecule has 1 amide bonds. The smallest absolute Gasteiger partial charge is 0.254 e. The van der Waals surface area contributed by atoms with Crippen LogP contribution < -0.4 is 20.1 Å². The minimum Gasteiger partial charge on any atom is -0.495 e. The predicted octanol–water partition coefficient (Wildman–Crippen LogP) is 3.67. The standard InChI is InChI=1S/C18H23ClN4O3/c1-11(2)5-6-20-17(24)12-9-21-18(22-10-12)23-14-8-15(25-3)13(19)7-16(14)26-4/h7-11H,5-6H2,1-4H3,(H,20,24)(H,21,22,23). The van der Waals surface area contributed by atoms with Crippen molar-refractivity contribution in [1.29, 1.82) is 0 Å². The van der Waals surface area contributed by atoms with E-state index in [4.69, 9.17) is 21.1 Å². The molecule has 2 aromatic rings. The number of hydrogen-bond donors (Lipinski definition) is 2. The van der Waals surface area contributed by atoms with Crippen molar-refractivity contribution < 1.29 is 14.3 Å². The lowest BCUT2D eigenvalue weighted by Crippen LogP contribution is -2.25. The van der Waals surface area contributed by atoms with E-state index < -0.39 is 0 Å². The van der Waals surface area contributed by atoms with Gasteiger partial charge in [-0.1, -0.05) is 25.4 Å². The number of halogens is 1. The number of carbonyl (C=O) groups is 1. The summed E-state index contributed by atoms with van der Waals surface area (Å²) in [6, 6.07) is 3.33. The van der Waals surface area contributed by atoms with Crippen LogP contribution in [-0.4, -0.2) is 36.6 Å². The van der Waals surface area contributed by atoms with Crippen molar-refractivity contribution in [2.24, 2.45) is 5.92 Å². The minimum atomic E-state index is -0.192. The van der Waals surface area contributed by atoms with Crippen molar-refractivity contribution in [2.45, 2.75) is 20.3 Å². The number of hydrogen-bond acceptors (Lipinski definition) is 6. The average molecular weight is 379 g/mol. The molecule has 7 nitrogen and oxygen atoms in total. The van der Waals surface area contributed by atoms with Crippen molar-refractivity contribution in [2.75, 3.05) is 26.1 Å². The molecule has 1 aromatic carbocycles. The summed E-state index contributed by atoms with van der Waals surface area (Å²) >= 11 is 6.09. The first-order chi connectivity index (χ1) is 12.4. The molecule has 2 N–H and O–H groups in total. The number of rotatable bonds is 8. The first-order valence-electron chi connectivity index (χ1n) is 8.23. The third kappa shape index (κ3) is 5.23. The Balaban J connectivity index is 2.08. The van der Waals surface area contributed by atoms with Gasteiger partial charge in [0, 0.05) is 31.1 Å². The van der Waals surface area contributed by atoms with Crippen LogP contribution in [0.2, 0.25) is 5.02 Å². The summed E-state index contributed by atoms with van der Waals surface area (Å²) in [6.45, 7) is 4.84. The molecule has 0 aliphatic carbocycles. The lowest BCUT2D eigenvalue weighted by Gasteiger charge is -2.13. The third-order valence-corrected chi connectivity index (χ3v) is 3.94. The van der Waals surface area contributed by atoms with Gasteiger partial charge in [-0.25, -0.2) is 9.97 Å². The number of amides is 1. The number of carbonyl (C=O) groups excluding carboxylic acids is 1. The molecule has 140 valence electrons. The topological polar surface area (TPSA) is 85.4 Å². The molecule has 0 unspecified atom stereocenters. The molecule has 0 bridgehead atoms. The molecular weight excluding hydrogens is 356 g/mol. The third-order valence-electron chi connectivity index (χ3n) is 3.64. The molecule has 1 heterocycles. The molecule has 0 spiro atoms. The van der Waals surface area contributed by atoms with Crippen molar-refractivity contribution >= 4 is 29.1 Å². The largest absolute Gasteiger partial charge is 0.495 e. The minimum absolute atomic E-state index is 0.192. The van der Waals surface area contributed by atoms with Gasteiger partial charge in [0.2, 0.25) is 5.95 Å². The number of methoxy groups -OCH3 is 2. The van der Waals surface area contributed by atoms with Gasteiger partial charge in [0.1, 0.15) is 11.5 Å². The fraction of sp³-hybridized carbons (Fsp3) is 0.389. The Labute approximate surface area is 158 Å². The number of benzene rings is 1. The van der Waals surface area contributed by atoms with Crippen LogP contribution in [-0.2, 0) is 0 Å². The van der Waals surface area contributed by atoms with E-state index in [9.17, 15) is 4.79 Å². The van der Waals surface area contributed by atoms with Crippen molar-refractivity contribution in [1.82, 2.24) is 15.3 Å². The van der Waals surface area contributed by atoms with Crippen LogP contribution in [0, 0.1) is 5.92 Å². The Bertz CT molecular complexity index is 751. The number of nitrogens with zero attached hydrogens (tertiary/aromatic N) is 2. The Morgan fingerprint density at radius 1 is 1.15 bits per heavy atom. The molecule has 8 heteroatoms. The van der Waals surface area contributed by atoms with Crippen LogP contribution in [0.5, 0.6) is 11.5 Å². The van der Waals surface area contributed by atoms with Crippen LogP contribution in [0.25, 0.3) is 0 Å². The highest BCUT2D eigenvalue weighted by Gasteiger charge is 2.12. The fourth-order valence-corrected chi connectivity index (χ4v) is 2.40. The summed E-state index contributed by atoms with van der Waals surface area (Å²) in [5.74, 6) is 1.69. The second-order valence-electron chi connectivity index (χ2n) is 6.05. The summed E-state index contributed by atoms with van der Waals surface area (Å²) in [5, 5.41) is 6.31. The van der Waals surface area contributed by atoms with Crippen LogP contribution >= 0.6 is 11.6 Å². The maximum absolute atomic E-state index is 12.1. The van der Waals surface area contributed by atoms with E-state index in [1.165, 1.54) is 26.6 Å². The summed E-state index contributed by atoms with van der Waals surface area (Å²) in [4.78, 5) is 20.4. The maximum atomic E-state index is 12.1. The van der Waals surface area contributed by atoms with Crippen LogP contribution in [0.1, 0.15) is 30.6 Å². The number of nitrogens with one attached hydrogen (secondary N) is 2. The molecule has 0 atom stereocenters. The van der Waals surface area contributed by atoms with Gasteiger partial charge in [-0.15, -0.1) is 0 Å². The number of aromatic nitrogens is 2. The van der Waals surface area contributed by atoms with E-state index in [0.717, 1.165) is 6.42 Å². The second-order valence-corrected chi connectivity index (χ2v) is 6.45. The monoisotopic (exact) mass is 378 g/mol. The molecule has 26 heavy (non-hydrogen) atoms. The Hall–Kier alpha value is -2.54. The number of anilines is 2. The van der Waals surface area contributed by atoms with Crippen molar-refractivity contribution in [3.05, 3.63) is 35.1 Å². The molecule has 1 aromatic heterocycles. The molecule has 0 aliphatic rings. The number of ether oxygens (including phenoxy) is 2. The van der Waals surface area contributed by atoms with Gasteiger partial charge in [0.05, 0.1) is 30.5 Å². The van der Waals surface area contributed by atoms with E-state index in [-0.39, 0.29) is 5.91 Å². The Kier molecular flexibility index (Phi) is 7.03. The van der Waals surface area contributed by atoms with Crippen LogP contribution in [0.3, 0.4) is 0 Å². The van der Waals surface area contributed by atoms with Gasteiger partial charge in [-0.05, 0) is 12.3 Å². The van der Waals surface area contributed by atoms with E-state index in [2.05, 4.69) is 34.4 Å². The first-order valence-corrected chi connectivity index (χ1v) is 8.61. The van der Waals surface area contributed by atoms with Gasteiger partial charge in [0.15, 0.2) is 0 Å². The second kappa shape index (κ2) is 9.24. The molecule has 2 rings (SSSR count). The molecule has 0 saturated heterocycles. The highest BCUT2D eigenvalue weighted by atomic mass is 35.5. The summed E-state index contributed by atoms with van der Waals surface area (Å²) < 4.78 is 10.5.